The Balaban J connectivity index is 1.82. The number of carbonyl (C=O) groups is 1. The molecule has 3 N–H and O–H groups in total. The molecule has 1 amide bonds. The maximum absolute atomic E-state index is 11.4. The van der Waals surface area contributed by atoms with Gasteiger partial charge in [-0.25, -0.2) is 5.84 Å². The normalized spacial score (nSPS) is 10.0. The quantitative estimate of drug-likeness (QED) is 0.363. The number of nitrogens with two attached hydrogens (primary N) is 1. The van der Waals surface area contributed by atoms with Crippen LogP contribution in [0.2, 0.25) is 0 Å². The molecule has 0 aliphatic carbocycles. The summed E-state index contributed by atoms with van der Waals surface area (Å²) in [6, 6.07) is 14.4. The standard InChI is InChI=1S/C15H15BrN2O3/c16-12-4-2-6-14(10-12)21-8-7-20-13-5-1-3-11(9-13)15(19)18-17/h1-6,9-10H,7-8,17H2,(H,18,19). The Morgan fingerprint density at radius 3 is 2.29 bits per heavy atom. The lowest BCUT2D eigenvalue weighted by molar-refractivity contribution is 0.0953. The van der Waals surface area contributed by atoms with E-state index in [9.17, 15) is 4.79 Å². The SMILES string of the molecule is NNC(=O)c1cccc(OCCOc2cccc(Br)c2)c1. The van der Waals surface area contributed by atoms with Crippen molar-refractivity contribution in [3.8, 4) is 11.5 Å². The van der Waals surface area contributed by atoms with Crippen molar-refractivity contribution in [2.45, 2.75) is 0 Å². The molecule has 0 aliphatic heterocycles. The molecule has 0 spiro atoms. The number of hydrogen-bond acceptors (Lipinski definition) is 4. The third-order valence-electron chi connectivity index (χ3n) is 2.64. The molecule has 0 aliphatic rings. The van der Waals surface area contributed by atoms with Gasteiger partial charge in [0, 0.05) is 10.0 Å². The van der Waals surface area contributed by atoms with Gasteiger partial charge < -0.3 is 9.47 Å². The van der Waals surface area contributed by atoms with Crippen LogP contribution in [0.1, 0.15) is 10.4 Å². The molecular weight excluding hydrogens is 336 g/mol. The minimum Gasteiger partial charge on any atom is -0.490 e. The highest BCUT2D eigenvalue weighted by Gasteiger charge is 2.04. The zero-order valence-corrected chi connectivity index (χ0v) is 12.8. The highest BCUT2D eigenvalue weighted by Crippen LogP contribution is 2.18. The average molecular weight is 351 g/mol. The summed E-state index contributed by atoms with van der Waals surface area (Å²) in [4.78, 5) is 11.4. The molecule has 2 aromatic carbocycles. The molecule has 0 radical (unpaired) electrons. The summed E-state index contributed by atoms with van der Waals surface area (Å²) in [6.45, 7) is 0.782. The van der Waals surface area contributed by atoms with E-state index >= 15 is 0 Å². The molecule has 0 unspecified atom stereocenters. The third-order valence-corrected chi connectivity index (χ3v) is 3.14. The second-order valence-electron chi connectivity index (χ2n) is 4.16. The number of rotatable bonds is 6. The number of nitrogen functional groups attached to an aromatic ring is 1. The fraction of sp³-hybridized carbons (Fsp3) is 0.133. The fourth-order valence-electron chi connectivity index (χ4n) is 1.69. The Bertz CT molecular complexity index is 619. The topological polar surface area (TPSA) is 73.6 Å². The second kappa shape index (κ2) is 7.66. The largest absolute Gasteiger partial charge is 0.490 e. The second-order valence-corrected chi connectivity index (χ2v) is 5.07. The number of amides is 1. The van der Waals surface area contributed by atoms with Crippen LogP contribution in [0.15, 0.2) is 53.0 Å². The Morgan fingerprint density at radius 1 is 1.05 bits per heavy atom. The Morgan fingerprint density at radius 2 is 1.67 bits per heavy atom. The first-order valence-corrected chi connectivity index (χ1v) is 7.10. The summed E-state index contributed by atoms with van der Waals surface area (Å²) < 4.78 is 12.0. The highest BCUT2D eigenvalue weighted by atomic mass is 79.9. The molecule has 0 saturated heterocycles. The van der Waals surface area contributed by atoms with Gasteiger partial charge in [0.05, 0.1) is 0 Å². The summed E-state index contributed by atoms with van der Waals surface area (Å²) in [7, 11) is 0. The van der Waals surface area contributed by atoms with Crippen LogP contribution in [0.4, 0.5) is 0 Å². The maximum atomic E-state index is 11.4. The van der Waals surface area contributed by atoms with Crippen molar-refractivity contribution in [1.82, 2.24) is 5.43 Å². The van der Waals surface area contributed by atoms with Crippen molar-refractivity contribution in [2.24, 2.45) is 5.84 Å². The van der Waals surface area contributed by atoms with E-state index in [0.29, 0.717) is 24.5 Å². The van der Waals surface area contributed by atoms with Gasteiger partial charge in [-0.1, -0.05) is 28.1 Å². The lowest BCUT2D eigenvalue weighted by Gasteiger charge is -2.09. The molecule has 0 atom stereocenters. The number of carbonyl (C=O) groups excluding carboxylic acids is 1. The first-order chi connectivity index (χ1) is 10.2. The molecule has 6 heteroatoms. The summed E-state index contributed by atoms with van der Waals surface area (Å²) in [6.07, 6.45) is 0. The molecule has 0 bridgehead atoms. The van der Waals surface area contributed by atoms with Crippen LogP contribution >= 0.6 is 15.9 Å². The number of benzene rings is 2. The van der Waals surface area contributed by atoms with E-state index in [2.05, 4.69) is 21.4 Å². The van der Waals surface area contributed by atoms with Crippen LogP contribution < -0.4 is 20.7 Å². The predicted octanol–water partition coefficient (Wildman–Crippen LogP) is 2.51. The van der Waals surface area contributed by atoms with Gasteiger partial charge in [0.2, 0.25) is 0 Å². The van der Waals surface area contributed by atoms with E-state index in [4.69, 9.17) is 15.3 Å². The van der Waals surface area contributed by atoms with Crippen LogP contribution in [0.3, 0.4) is 0 Å². The zero-order chi connectivity index (χ0) is 15.1. The van der Waals surface area contributed by atoms with Crippen LogP contribution in [0.25, 0.3) is 0 Å². The minimum absolute atomic E-state index is 0.356. The molecule has 0 saturated carbocycles. The Hall–Kier alpha value is -2.05. The summed E-state index contributed by atoms with van der Waals surface area (Å²) in [5, 5.41) is 0. The molecular formula is C15H15BrN2O3. The van der Waals surface area contributed by atoms with E-state index in [1.54, 1.807) is 24.3 Å². The van der Waals surface area contributed by atoms with Crippen LogP contribution in [-0.2, 0) is 0 Å². The summed E-state index contributed by atoms with van der Waals surface area (Å²) in [5.74, 6) is 6.09. The first kappa shape index (κ1) is 15.3. The average Bonchev–Trinajstić information content (AvgIpc) is 2.51. The maximum Gasteiger partial charge on any atom is 0.265 e. The number of halogens is 1. The van der Waals surface area contributed by atoms with Crippen LogP contribution in [0, 0.1) is 0 Å². The number of hydrogen-bond donors (Lipinski definition) is 2. The van der Waals surface area contributed by atoms with Crippen molar-refractivity contribution >= 4 is 21.8 Å². The molecule has 110 valence electrons. The molecule has 2 aromatic rings. The lowest BCUT2D eigenvalue weighted by atomic mass is 10.2. The molecule has 2 rings (SSSR count). The van der Waals surface area contributed by atoms with Crippen molar-refractivity contribution in [3.63, 3.8) is 0 Å². The Labute approximate surface area is 131 Å². The number of nitrogens with one attached hydrogen (secondary N) is 1. The van der Waals surface area contributed by atoms with Gasteiger partial charge in [-0.2, -0.15) is 0 Å². The van der Waals surface area contributed by atoms with E-state index in [0.717, 1.165) is 10.2 Å². The Kier molecular flexibility index (Phi) is 5.59. The van der Waals surface area contributed by atoms with Gasteiger partial charge in [-0.05, 0) is 36.4 Å². The summed E-state index contributed by atoms with van der Waals surface area (Å²) in [5.41, 5.74) is 2.53. The third kappa shape index (κ3) is 4.77. The van der Waals surface area contributed by atoms with E-state index in [1.807, 2.05) is 24.3 Å². The summed E-state index contributed by atoms with van der Waals surface area (Å²) >= 11 is 3.38. The molecule has 0 fully saturated rings. The van der Waals surface area contributed by atoms with Gasteiger partial charge in [0.25, 0.3) is 5.91 Å². The van der Waals surface area contributed by atoms with E-state index < -0.39 is 0 Å². The van der Waals surface area contributed by atoms with Crippen molar-refractivity contribution < 1.29 is 14.3 Å². The fourth-order valence-corrected chi connectivity index (χ4v) is 2.06. The number of ether oxygens (including phenoxy) is 2. The molecule has 5 nitrogen and oxygen atoms in total. The smallest absolute Gasteiger partial charge is 0.265 e. The van der Waals surface area contributed by atoms with Gasteiger partial charge in [-0.15, -0.1) is 0 Å². The number of hydrazine groups is 1. The highest BCUT2D eigenvalue weighted by molar-refractivity contribution is 9.10. The zero-order valence-electron chi connectivity index (χ0n) is 11.2. The van der Waals surface area contributed by atoms with Gasteiger partial charge in [0.15, 0.2) is 0 Å². The predicted molar refractivity (Wildman–Crippen MR) is 83.2 cm³/mol. The molecule has 0 heterocycles. The van der Waals surface area contributed by atoms with Crippen molar-refractivity contribution in [2.75, 3.05) is 13.2 Å². The van der Waals surface area contributed by atoms with Crippen LogP contribution in [-0.4, -0.2) is 19.1 Å². The lowest BCUT2D eigenvalue weighted by Crippen LogP contribution is -2.29. The van der Waals surface area contributed by atoms with E-state index in [1.165, 1.54) is 0 Å². The van der Waals surface area contributed by atoms with Gasteiger partial charge >= 0.3 is 0 Å². The van der Waals surface area contributed by atoms with Gasteiger partial charge in [0.1, 0.15) is 24.7 Å². The minimum atomic E-state index is -0.356. The van der Waals surface area contributed by atoms with Crippen LogP contribution in [0.5, 0.6) is 11.5 Å². The first-order valence-electron chi connectivity index (χ1n) is 6.31. The van der Waals surface area contributed by atoms with E-state index in [-0.39, 0.29) is 5.91 Å². The monoisotopic (exact) mass is 350 g/mol. The van der Waals surface area contributed by atoms with Crippen molar-refractivity contribution in [3.05, 3.63) is 58.6 Å². The molecule has 21 heavy (non-hydrogen) atoms. The van der Waals surface area contributed by atoms with Gasteiger partial charge in [-0.3, -0.25) is 10.2 Å². The van der Waals surface area contributed by atoms with Crippen molar-refractivity contribution in [1.29, 1.82) is 0 Å². The molecule has 0 aromatic heterocycles.